The molecule has 0 radical (unpaired) electrons. The molecule has 1 fully saturated rings. The number of hydrogen-bond acceptors (Lipinski definition) is 4. The summed E-state index contributed by atoms with van der Waals surface area (Å²) in [6, 6.07) is 8.58. The topological polar surface area (TPSA) is 58.6 Å². The van der Waals surface area contributed by atoms with Crippen LogP contribution in [0.3, 0.4) is 0 Å². The maximum atomic E-state index is 14.1. The number of rotatable bonds is 3. The van der Waals surface area contributed by atoms with Crippen LogP contribution in [0.1, 0.15) is 5.56 Å². The molecule has 138 valence electrons. The fraction of sp³-hybridized carbons (Fsp3) is 0.0556. The Kier molecular flexibility index (Phi) is 5.46. The van der Waals surface area contributed by atoms with Gasteiger partial charge in [0.15, 0.2) is 10.9 Å². The minimum Gasteiger partial charge on any atom is -0.494 e. The maximum absolute atomic E-state index is 14.1. The van der Waals surface area contributed by atoms with E-state index in [-0.39, 0.29) is 32.2 Å². The number of methoxy groups -OCH3 is 1. The second-order valence-corrected chi connectivity index (χ2v) is 6.63. The molecule has 1 saturated heterocycles. The van der Waals surface area contributed by atoms with Crippen molar-refractivity contribution in [2.45, 2.75) is 0 Å². The Morgan fingerprint density at radius 2 is 1.81 bits per heavy atom. The molecule has 1 N–H and O–H groups in total. The second kappa shape index (κ2) is 7.64. The predicted octanol–water partition coefficient (Wildman–Crippen LogP) is 3.97. The van der Waals surface area contributed by atoms with E-state index in [0.717, 1.165) is 4.90 Å². The molecule has 27 heavy (non-hydrogen) atoms. The van der Waals surface area contributed by atoms with E-state index in [1.165, 1.54) is 43.5 Å². The van der Waals surface area contributed by atoms with Crippen LogP contribution in [0.25, 0.3) is 6.08 Å². The Balaban J connectivity index is 2.06. The van der Waals surface area contributed by atoms with Gasteiger partial charge in [-0.25, -0.2) is 9.29 Å². The van der Waals surface area contributed by atoms with Gasteiger partial charge < -0.3 is 4.74 Å². The molecule has 2 amide bonds. The van der Waals surface area contributed by atoms with Crippen LogP contribution in [-0.2, 0) is 9.59 Å². The van der Waals surface area contributed by atoms with Crippen molar-refractivity contribution in [1.82, 2.24) is 5.32 Å². The van der Waals surface area contributed by atoms with E-state index < -0.39 is 17.6 Å². The van der Waals surface area contributed by atoms with Crippen LogP contribution < -0.4 is 15.0 Å². The van der Waals surface area contributed by atoms with Gasteiger partial charge >= 0.3 is 0 Å². The van der Waals surface area contributed by atoms with Crippen molar-refractivity contribution in [2.24, 2.45) is 0 Å². The molecular weight excluding hydrogens is 414 g/mol. The van der Waals surface area contributed by atoms with Gasteiger partial charge in [0.1, 0.15) is 11.4 Å². The first-order valence-corrected chi connectivity index (χ1v) is 8.69. The number of amides is 2. The van der Waals surface area contributed by atoms with Crippen molar-refractivity contribution < 1.29 is 18.7 Å². The van der Waals surface area contributed by atoms with Crippen molar-refractivity contribution >= 4 is 64.1 Å². The largest absolute Gasteiger partial charge is 0.494 e. The molecule has 1 aliphatic rings. The van der Waals surface area contributed by atoms with Crippen LogP contribution in [0.2, 0.25) is 10.0 Å². The number of ether oxygens (including phenoxy) is 1. The Morgan fingerprint density at radius 1 is 1.19 bits per heavy atom. The molecule has 0 spiro atoms. The van der Waals surface area contributed by atoms with Gasteiger partial charge in [0.25, 0.3) is 11.8 Å². The monoisotopic (exact) mass is 424 g/mol. The first kappa shape index (κ1) is 19.3. The van der Waals surface area contributed by atoms with Gasteiger partial charge in [0, 0.05) is 0 Å². The third-order valence-corrected chi connectivity index (χ3v) is 4.58. The maximum Gasteiger partial charge on any atom is 0.270 e. The van der Waals surface area contributed by atoms with Gasteiger partial charge in [-0.3, -0.25) is 14.9 Å². The zero-order chi connectivity index (χ0) is 19.7. The molecule has 2 aromatic rings. The highest BCUT2D eigenvalue weighted by molar-refractivity contribution is 7.80. The lowest BCUT2D eigenvalue weighted by Crippen LogP contribution is -2.54. The van der Waals surface area contributed by atoms with Gasteiger partial charge in [-0.05, 0) is 48.1 Å². The number of hydrogen-bond donors (Lipinski definition) is 1. The Labute approximate surface area is 169 Å². The zero-order valence-corrected chi connectivity index (χ0v) is 16.1. The summed E-state index contributed by atoms with van der Waals surface area (Å²) >= 11 is 17.2. The Hall–Kier alpha value is -2.48. The number of thiocarbonyl (C=S) groups is 1. The molecule has 1 aliphatic heterocycles. The lowest BCUT2D eigenvalue weighted by atomic mass is 10.1. The van der Waals surface area contributed by atoms with Crippen LogP contribution in [0.15, 0.2) is 42.0 Å². The summed E-state index contributed by atoms with van der Waals surface area (Å²) in [5.41, 5.74) is 0.0824. The highest BCUT2D eigenvalue weighted by Crippen LogP contribution is 2.35. The summed E-state index contributed by atoms with van der Waals surface area (Å²) in [5.74, 6) is -1.86. The second-order valence-electron chi connectivity index (χ2n) is 5.43. The SMILES string of the molecule is COc1c(Cl)cc(/C=C2\C(=O)NC(=S)N(c3ccccc3F)C2=O)cc1Cl. The summed E-state index contributed by atoms with van der Waals surface area (Å²) in [6.07, 6.45) is 1.30. The molecular formula is C18H11Cl2FN2O3S. The molecule has 0 aliphatic carbocycles. The normalized spacial score (nSPS) is 15.9. The predicted molar refractivity (Wildman–Crippen MR) is 106 cm³/mol. The van der Waals surface area contributed by atoms with E-state index in [4.69, 9.17) is 40.2 Å². The Bertz CT molecular complexity index is 987. The average Bonchev–Trinajstić information content (AvgIpc) is 2.60. The fourth-order valence-corrected chi connectivity index (χ4v) is 3.47. The number of carbonyl (C=O) groups excluding carboxylic acids is 2. The summed E-state index contributed by atoms with van der Waals surface area (Å²) < 4.78 is 19.2. The number of carbonyl (C=O) groups is 2. The minimum atomic E-state index is -0.767. The zero-order valence-electron chi connectivity index (χ0n) is 13.8. The van der Waals surface area contributed by atoms with Crippen molar-refractivity contribution in [1.29, 1.82) is 0 Å². The van der Waals surface area contributed by atoms with E-state index >= 15 is 0 Å². The van der Waals surface area contributed by atoms with Gasteiger partial charge in [-0.15, -0.1) is 0 Å². The third-order valence-electron chi connectivity index (χ3n) is 3.73. The third kappa shape index (κ3) is 3.66. The summed E-state index contributed by atoms with van der Waals surface area (Å²) in [6.45, 7) is 0. The van der Waals surface area contributed by atoms with Crippen molar-refractivity contribution in [3.05, 3.63) is 63.4 Å². The van der Waals surface area contributed by atoms with Gasteiger partial charge in [0.05, 0.1) is 22.8 Å². The van der Waals surface area contributed by atoms with Crippen molar-refractivity contribution in [3.63, 3.8) is 0 Å². The minimum absolute atomic E-state index is 0.0656. The van der Waals surface area contributed by atoms with Crippen molar-refractivity contribution in [2.75, 3.05) is 12.0 Å². The molecule has 3 rings (SSSR count). The number of nitrogens with one attached hydrogen (secondary N) is 1. The fourth-order valence-electron chi connectivity index (χ4n) is 2.53. The van der Waals surface area contributed by atoms with Gasteiger partial charge in [0.2, 0.25) is 0 Å². The van der Waals surface area contributed by atoms with E-state index in [0.29, 0.717) is 5.56 Å². The molecule has 0 atom stereocenters. The number of para-hydroxylation sites is 1. The average molecular weight is 425 g/mol. The molecule has 0 bridgehead atoms. The van der Waals surface area contributed by atoms with E-state index in [2.05, 4.69) is 5.32 Å². The highest BCUT2D eigenvalue weighted by atomic mass is 35.5. The first-order valence-electron chi connectivity index (χ1n) is 7.52. The van der Waals surface area contributed by atoms with Crippen LogP contribution in [-0.4, -0.2) is 24.0 Å². The molecule has 9 heteroatoms. The number of halogens is 3. The summed E-state index contributed by atoms with van der Waals surface area (Å²) in [5, 5.41) is 2.59. The molecule has 2 aromatic carbocycles. The summed E-state index contributed by atoms with van der Waals surface area (Å²) in [4.78, 5) is 26.0. The number of anilines is 1. The molecule has 0 saturated carbocycles. The van der Waals surface area contributed by atoms with Crippen LogP contribution in [0, 0.1) is 5.82 Å². The molecule has 0 unspecified atom stereocenters. The molecule has 1 heterocycles. The standard InChI is InChI=1S/C18H11Cl2FN2O3S/c1-26-15-11(19)7-9(8-12(15)20)6-10-16(24)22-18(27)23(17(10)25)14-5-3-2-4-13(14)21/h2-8H,1H3,(H,22,24,27)/b10-6+. The van der Waals surface area contributed by atoms with E-state index in [9.17, 15) is 14.0 Å². The highest BCUT2D eigenvalue weighted by Gasteiger charge is 2.35. The first-order chi connectivity index (χ1) is 12.8. The molecule has 5 nitrogen and oxygen atoms in total. The summed E-state index contributed by atoms with van der Waals surface area (Å²) in [7, 11) is 1.41. The van der Waals surface area contributed by atoms with E-state index in [1.54, 1.807) is 6.07 Å². The van der Waals surface area contributed by atoms with Crippen LogP contribution in [0.4, 0.5) is 10.1 Å². The Morgan fingerprint density at radius 3 is 2.41 bits per heavy atom. The number of benzene rings is 2. The lowest BCUT2D eigenvalue weighted by Gasteiger charge is -2.29. The van der Waals surface area contributed by atoms with Crippen molar-refractivity contribution in [3.8, 4) is 5.75 Å². The molecule has 0 aromatic heterocycles. The number of nitrogens with zero attached hydrogens (tertiary/aromatic N) is 1. The van der Waals surface area contributed by atoms with E-state index in [1.807, 2.05) is 0 Å². The van der Waals surface area contributed by atoms with Gasteiger partial charge in [-0.2, -0.15) is 0 Å². The van der Waals surface area contributed by atoms with Crippen LogP contribution in [0.5, 0.6) is 5.75 Å². The quantitative estimate of drug-likeness (QED) is 0.460. The van der Waals surface area contributed by atoms with Crippen LogP contribution >= 0.6 is 35.4 Å². The van der Waals surface area contributed by atoms with Gasteiger partial charge in [-0.1, -0.05) is 35.3 Å². The lowest BCUT2D eigenvalue weighted by molar-refractivity contribution is -0.122. The smallest absolute Gasteiger partial charge is 0.270 e.